The Morgan fingerprint density at radius 2 is 2.54 bits per heavy atom. The van der Waals surface area contributed by atoms with Crippen molar-refractivity contribution in [1.29, 1.82) is 0 Å². The second-order valence-electron chi connectivity index (χ2n) is 2.65. The number of nitrogens with one attached hydrogen (secondary N) is 1. The normalized spacial score (nSPS) is 12.5. The molecule has 1 aromatic heterocycles. The third kappa shape index (κ3) is 2.69. The SMILES string of the molecule is CC(CO)NC(=O)c1sccc1Cl. The molecule has 0 aromatic carbocycles. The largest absolute Gasteiger partial charge is 0.394 e. The number of carbonyl (C=O) groups excluding carboxylic acids is 1. The number of hydrogen-bond donors (Lipinski definition) is 2. The molecule has 0 saturated carbocycles. The van der Waals surface area contributed by atoms with Gasteiger partial charge in [0.05, 0.1) is 11.6 Å². The molecule has 1 unspecified atom stereocenters. The van der Waals surface area contributed by atoms with Gasteiger partial charge < -0.3 is 10.4 Å². The van der Waals surface area contributed by atoms with Crippen LogP contribution in [0.3, 0.4) is 0 Å². The molecule has 1 atom stereocenters. The van der Waals surface area contributed by atoms with Crippen LogP contribution < -0.4 is 5.32 Å². The Morgan fingerprint density at radius 3 is 3.00 bits per heavy atom. The predicted octanol–water partition coefficient (Wildman–Crippen LogP) is 1.51. The van der Waals surface area contributed by atoms with Crippen LogP contribution >= 0.6 is 22.9 Å². The fourth-order valence-electron chi connectivity index (χ4n) is 0.791. The van der Waals surface area contributed by atoms with Crippen molar-refractivity contribution in [1.82, 2.24) is 5.32 Å². The molecule has 0 fully saturated rings. The molecule has 2 N–H and O–H groups in total. The molecule has 0 saturated heterocycles. The van der Waals surface area contributed by atoms with Crippen LogP contribution in [0.25, 0.3) is 0 Å². The number of carbonyl (C=O) groups is 1. The minimum atomic E-state index is -0.245. The van der Waals surface area contributed by atoms with Gasteiger partial charge in [-0.3, -0.25) is 4.79 Å². The molecule has 13 heavy (non-hydrogen) atoms. The van der Waals surface area contributed by atoms with Crippen molar-refractivity contribution in [3.63, 3.8) is 0 Å². The highest BCUT2D eigenvalue weighted by molar-refractivity contribution is 7.12. The van der Waals surface area contributed by atoms with Gasteiger partial charge in [0.25, 0.3) is 5.91 Å². The first-order valence-corrected chi connectivity index (χ1v) is 5.05. The molecule has 1 amide bonds. The maximum absolute atomic E-state index is 11.4. The quantitative estimate of drug-likeness (QED) is 0.810. The van der Waals surface area contributed by atoms with E-state index < -0.39 is 0 Å². The van der Waals surface area contributed by atoms with E-state index in [0.717, 1.165) is 0 Å². The van der Waals surface area contributed by atoms with E-state index in [1.165, 1.54) is 11.3 Å². The smallest absolute Gasteiger partial charge is 0.263 e. The Hall–Kier alpha value is -0.580. The number of aliphatic hydroxyl groups excluding tert-OH is 1. The molecule has 1 aromatic rings. The number of halogens is 1. The summed E-state index contributed by atoms with van der Waals surface area (Å²) in [5.74, 6) is -0.235. The lowest BCUT2D eigenvalue weighted by Gasteiger charge is -2.09. The monoisotopic (exact) mass is 219 g/mol. The summed E-state index contributed by atoms with van der Waals surface area (Å²) in [4.78, 5) is 11.9. The fourth-order valence-corrected chi connectivity index (χ4v) is 1.83. The summed E-state index contributed by atoms with van der Waals surface area (Å²) in [5, 5.41) is 13.5. The summed E-state index contributed by atoms with van der Waals surface area (Å²) in [6.07, 6.45) is 0. The van der Waals surface area contributed by atoms with Gasteiger partial charge in [0.2, 0.25) is 0 Å². The Kier molecular flexibility index (Phi) is 3.71. The Bertz CT molecular complexity index is 300. The van der Waals surface area contributed by atoms with E-state index in [9.17, 15) is 4.79 Å². The van der Waals surface area contributed by atoms with E-state index in [4.69, 9.17) is 16.7 Å². The highest BCUT2D eigenvalue weighted by Crippen LogP contribution is 2.21. The number of aliphatic hydroxyl groups is 1. The van der Waals surface area contributed by atoms with Gasteiger partial charge in [0.15, 0.2) is 0 Å². The summed E-state index contributed by atoms with van der Waals surface area (Å²) < 4.78 is 0. The molecule has 0 spiro atoms. The summed E-state index contributed by atoms with van der Waals surface area (Å²) in [6, 6.07) is 1.43. The molecule has 0 aliphatic heterocycles. The van der Waals surface area contributed by atoms with Gasteiger partial charge >= 0.3 is 0 Å². The number of thiophene rings is 1. The van der Waals surface area contributed by atoms with Gasteiger partial charge in [-0.25, -0.2) is 0 Å². The van der Waals surface area contributed by atoms with Crippen molar-refractivity contribution in [2.75, 3.05) is 6.61 Å². The highest BCUT2D eigenvalue weighted by Gasteiger charge is 2.13. The minimum absolute atomic E-state index is 0.0747. The fraction of sp³-hybridized carbons (Fsp3) is 0.375. The molecule has 1 rings (SSSR count). The van der Waals surface area contributed by atoms with Crippen molar-refractivity contribution in [3.8, 4) is 0 Å². The van der Waals surface area contributed by atoms with Crippen LogP contribution in [-0.4, -0.2) is 23.7 Å². The van der Waals surface area contributed by atoms with Crippen LogP contribution in [0.5, 0.6) is 0 Å². The average Bonchev–Trinajstić information content (AvgIpc) is 2.51. The van der Waals surface area contributed by atoms with Crippen LogP contribution in [0.4, 0.5) is 0 Å². The lowest BCUT2D eigenvalue weighted by atomic mass is 10.3. The number of amides is 1. The molecular formula is C8H10ClNO2S. The van der Waals surface area contributed by atoms with Crippen molar-refractivity contribution in [3.05, 3.63) is 21.3 Å². The summed E-state index contributed by atoms with van der Waals surface area (Å²) in [7, 11) is 0. The van der Waals surface area contributed by atoms with Gasteiger partial charge in [-0.15, -0.1) is 11.3 Å². The van der Waals surface area contributed by atoms with E-state index in [2.05, 4.69) is 5.32 Å². The highest BCUT2D eigenvalue weighted by atomic mass is 35.5. The zero-order valence-electron chi connectivity index (χ0n) is 7.08. The molecule has 1 heterocycles. The Labute approximate surface area is 85.3 Å². The topological polar surface area (TPSA) is 49.3 Å². The predicted molar refractivity (Wildman–Crippen MR) is 53.3 cm³/mol. The lowest BCUT2D eigenvalue weighted by molar-refractivity contribution is 0.0926. The lowest BCUT2D eigenvalue weighted by Crippen LogP contribution is -2.34. The van der Waals surface area contributed by atoms with Crippen molar-refractivity contribution >= 4 is 28.8 Å². The van der Waals surface area contributed by atoms with Crippen LogP contribution in [-0.2, 0) is 0 Å². The van der Waals surface area contributed by atoms with Crippen LogP contribution in [0, 0.1) is 0 Å². The van der Waals surface area contributed by atoms with E-state index >= 15 is 0 Å². The second-order valence-corrected chi connectivity index (χ2v) is 3.98. The van der Waals surface area contributed by atoms with Crippen molar-refractivity contribution in [2.45, 2.75) is 13.0 Å². The first-order chi connectivity index (χ1) is 6.15. The molecule has 0 bridgehead atoms. The first-order valence-electron chi connectivity index (χ1n) is 3.80. The van der Waals surface area contributed by atoms with Crippen LogP contribution in [0.1, 0.15) is 16.6 Å². The van der Waals surface area contributed by atoms with Crippen molar-refractivity contribution in [2.24, 2.45) is 0 Å². The van der Waals surface area contributed by atoms with Gasteiger partial charge in [-0.2, -0.15) is 0 Å². The third-order valence-electron chi connectivity index (χ3n) is 1.47. The van der Waals surface area contributed by atoms with E-state index in [1.807, 2.05) is 0 Å². The zero-order valence-corrected chi connectivity index (χ0v) is 8.65. The average molecular weight is 220 g/mol. The number of rotatable bonds is 3. The summed E-state index contributed by atoms with van der Waals surface area (Å²) in [6.45, 7) is 1.65. The maximum atomic E-state index is 11.4. The molecule has 0 aliphatic rings. The molecule has 0 radical (unpaired) electrons. The van der Waals surface area contributed by atoms with Gasteiger partial charge in [0.1, 0.15) is 4.88 Å². The maximum Gasteiger partial charge on any atom is 0.263 e. The standard InChI is InChI=1S/C8H10ClNO2S/c1-5(4-11)10-8(12)7-6(9)2-3-13-7/h2-3,5,11H,4H2,1H3,(H,10,12). The van der Waals surface area contributed by atoms with Crippen LogP contribution in [0.2, 0.25) is 5.02 Å². The molecule has 3 nitrogen and oxygen atoms in total. The van der Waals surface area contributed by atoms with Crippen molar-refractivity contribution < 1.29 is 9.90 Å². The van der Waals surface area contributed by atoms with E-state index in [-0.39, 0.29) is 18.6 Å². The zero-order chi connectivity index (χ0) is 9.84. The summed E-state index contributed by atoms with van der Waals surface area (Å²) in [5.41, 5.74) is 0. The van der Waals surface area contributed by atoms with Gasteiger partial charge in [-0.1, -0.05) is 11.6 Å². The third-order valence-corrected chi connectivity index (χ3v) is 2.81. The molecule has 5 heteroatoms. The first kappa shape index (κ1) is 10.5. The van der Waals surface area contributed by atoms with Crippen LogP contribution in [0.15, 0.2) is 11.4 Å². The molecule has 72 valence electrons. The molecular weight excluding hydrogens is 210 g/mol. The van der Waals surface area contributed by atoms with Gasteiger partial charge in [0, 0.05) is 6.04 Å². The van der Waals surface area contributed by atoms with E-state index in [1.54, 1.807) is 18.4 Å². The number of hydrogen-bond acceptors (Lipinski definition) is 3. The van der Waals surface area contributed by atoms with E-state index in [0.29, 0.717) is 9.90 Å². The Balaban J connectivity index is 2.64. The second kappa shape index (κ2) is 4.60. The minimum Gasteiger partial charge on any atom is -0.394 e. The summed E-state index contributed by atoms with van der Waals surface area (Å²) >= 11 is 7.03. The van der Waals surface area contributed by atoms with Gasteiger partial charge in [-0.05, 0) is 18.4 Å². The Morgan fingerprint density at radius 1 is 1.85 bits per heavy atom. The molecule has 0 aliphatic carbocycles.